The van der Waals surface area contributed by atoms with E-state index in [4.69, 9.17) is 18.9 Å². The first-order valence-electron chi connectivity index (χ1n) is 8.98. The number of hydrogen-bond acceptors (Lipinski definition) is 6. The van der Waals surface area contributed by atoms with Gasteiger partial charge in [0.15, 0.2) is 29.1 Å². The molecule has 2 bridgehead atoms. The first kappa shape index (κ1) is 15.9. The number of benzene rings is 1. The maximum absolute atomic E-state index is 13.3. The van der Waals surface area contributed by atoms with Crippen LogP contribution in [0.5, 0.6) is 11.5 Å². The molecule has 1 aromatic carbocycles. The summed E-state index contributed by atoms with van der Waals surface area (Å²) in [5.74, 6) is 1.06. The molecule has 0 N–H and O–H groups in total. The van der Waals surface area contributed by atoms with Crippen molar-refractivity contribution in [2.24, 2.45) is 0 Å². The molecular weight excluding hydrogens is 338 g/mol. The van der Waals surface area contributed by atoms with Crippen LogP contribution < -0.4 is 9.47 Å². The predicted molar refractivity (Wildman–Crippen MR) is 89.2 cm³/mol. The van der Waals surface area contributed by atoms with E-state index in [0.717, 1.165) is 12.8 Å². The normalized spacial score (nSPS) is 31.0. The minimum Gasteiger partial charge on any atom is -0.454 e. The highest BCUT2D eigenvalue weighted by Gasteiger charge is 2.66. The summed E-state index contributed by atoms with van der Waals surface area (Å²) < 4.78 is 22.7. The average molecular weight is 359 g/mol. The Labute approximate surface area is 151 Å². The highest BCUT2D eigenvalue weighted by atomic mass is 16.7. The number of carbonyl (C=O) groups is 2. The molecule has 3 atom stereocenters. The van der Waals surface area contributed by atoms with Gasteiger partial charge in [0.25, 0.3) is 0 Å². The number of hydrogen-bond donors (Lipinski definition) is 0. The van der Waals surface area contributed by atoms with E-state index >= 15 is 0 Å². The van der Waals surface area contributed by atoms with Crippen LogP contribution in [0.3, 0.4) is 0 Å². The van der Waals surface area contributed by atoms with Crippen LogP contribution in [0.25, 0.3) is 0 Å². The molecule has 2 fully saturated rings. The summed E-state index contributed by atoms with van der Waals surface area (Å²) >= 11 is 0. The molecule has 1 aliphatic carbocycles. The lowest BCUT2D eigenvalue weighted by Gasteiger charge is -2.31. The van der Waals surface area contributed by atoms with Gasteiger partial charge in [-0.25, -0.2) is 4.79 Å². The van der Waals surface area contributed by atoms with E-state index in [0.29, 0.717) is 29.0 Å². The molecular formula is C19H21NO6. The predicted octanol–water partition coefficient (Wildman–Crippen LogP) is 3.17. The molecule has 1 amide bonds. The van der Waals surface area contributed by atoms with Crippen LogP contribution in [0.4, 0.5) is 4.79 Å². The Morgan fingerprint density at radius 2 is 2.00 bits per heavy atom. The van der Waals surface area contributed by atoms with Crippen molar-refractivity contribution in [2.45, 2.75) is 63.5 Å². The lowest BCUT2D eigenvalue weighted by molar-refractivity contribution is -0.0576. The van der Waals surface area contributed by atoms with E-state index in [1.54, 1.807) is 17.0 Å². The monoisotopic (exact) mass is 359 g/mol. The molecule has 1 saturated heterocycles. The second-order valence-corrected chi connectivity index (χ2v) is 8.28. The molecule has 0 aromatic heterocycles. The van der Waals surface area contributed by atoms with Crippen LogP contribution >= 0.6 is 0 Å². The molecule has 3 heterocycles. The molecule has 0 radical (unpaired) electrons. The highest BCUT2D eigenvalue weighted by molar-refractivity contribution is 6.07. The SMILES string of the molecule is CC(C)(C)OC(=O)N1C2CCCC23O[C@H]1c1cc2c(cc1C3=O)OCO2. The standard InChI is InChI=1S/C19H21NO6/c1-18(2,3)26-17(22)20-14-5-4-6-19(14)15(21)10-7-12-13(24-9-23-12)8-11(10)16(20)25-19/h7-8,14,16H,4-6,9H2,1-3H3/t14?,16-,19?/m0/s1. The van der Waals surface area contributed by atoms with Gasteiger partial charge in [0.1, 0.15) is 5.60 Å². The van der Waals surface area contributed by atoms with Gasteiger partial charge in [-0.3, -0.25) is 9.69 Å². The van der Waals surface area contributed by atoms with Gasteiger partial charge in [-0.2, -0.15) is 0 Å². The maximum Gasteiger partial charge on any atom is 0.413 e. The van der Waals surface area contributed by atoms with Crippen molar-refractivity contribution >= 4 is 11.9 Å². The van der Waals surface area contributed by atoms with Crippen LogP contribution in [0, 0.1) is 0 Å². The summed E-state index contributed by atoms with van der Waals surface area (Å²) in [7, 11) is 0. The summed E-state index contributed by atoms with van der Waals surface area (Å²) in [6, 6.07) is 3.18. The van der Waals surface area contributed by atoms with Crippen molar-refractivity contribution in [3.63, 3.8) is 0 Å². The van der Waals surface area contributed by atoms with Gasteiger partial charge in [0.05, 0.1) is 6.04 Å². The summed E-state index contributed by atoms with van der Waals surface area (Å²) in [5.41, 5.74) is -0.391. The van der Waals surface area contributed by atoms with E-state index < -0.39 is 23.5 Å². The zero-order valence-corrected chi connectivity index (χ0v) is 15.0. The number of rotatable bonds is 0. The molecule has 7 heteroatoms. The fraction of sp³-hybridized carbons (Fsp3) is 0.579. The molecule has 26 heavy (non-hydrogen) atoms. The molecule has 5 rings (SSSR count). The third-order valence-electron chi connectivity index (χ3n) is 5.52. The fourth-order valence-corrected chi connectivity index (χ4v) is 4.53. The van der Waals surface area contributed by atoms with Gasteiger partial charge < -0.3 is 18.9 Å². The minimum absolute atomic E-state index is 0.0735. The second-order valence-electron chi connectivity index (χ2n) is 8.28. The number of ketones is 1. The number of ether oxygens (including phenoxy) is 4. The molecule has 4 aliphatic rings. The number of amides is 1. The first-order valence-corrected chi connectivity index (χ1v) is 8.98. The van der Waals surface area contributed by atoms with Crippen LogP contribution in [0.15, 0.2) is 12.1 Å². The van der Waals surface area contributed by atoms with Crippen molar-refractivity contribution in [3.05, 3.63) is 23.3 Å². The Hall–Kier alpha value is -2.28. The Bertz CT molecular complexity index is 828. The lowest BCUT2D eigenvalue weighted by Crippen LogP contribution is -2.48. The van der Waals surface area contributed by atoms with E-state index in [1.807, 2.05) is 20.8 Å². The Morgan fingerprint density at radius 1 is 1.27 bits per heavy atom. The van der Waals surface area contributed by atoms with Gasteiger partial charge in [-0.05, 0) is 52.2 Å². The van der Waals surface area contributed by atoms with Crippen molar-refractivity contribution in [2.75, 3.05) is 6.79 Å². The van der Waals surface area contributed by atoms with Crippen molar-refractivity contribution in [1.29, 1.82) is 0 Å². The Morgan fingerprint density at radius 3 is 2.73 bits per heavy atom. The molecule has 2 unspecified atom stereocenters. The van der Waals surface area contributed by atoms with Gasteiger partial charge in [-0.15, -0.1) is 0 Å². The van der Waals surface area contributed by atoms with E-state index in [-0.39, 0.29) is 18.6 Å². The molecule has 3 aliphatic heterocycles. The van der Waals surface area contributed by atoms with Crippen LogP contribution in [0.1, 0.15) is 62.2 Å². The summed E-state index contributed by atoms with van der Waals surface area (Å²) in [4.78, 5) is 27.9. The van der Waals surface area contributed by atoms with E-state index in [9.17, 15) is 9.59 Å². The third kappa shape index (κ3) is 1.97. The quantitative estimate of drug-likeness (QED) is 0.708. The average Bonchev–Trinajstić information content (AvgIpc) is 3.22. The molecule has 7 nitrogen and oxygen atoms in total. The number of carbonyl (C=O) groups excluding carboxylic acids is 2. The van der Waals surface area contributed by atoms with Crippen molar-refractivity contribution in [3.8, 4) is 11.5 Å². The van der Waals surface area contributed by atoms with Gasteiger partial charge in [0, 0.05) is 11.1 Å². The summed E-state index contributed by atoms with van der Waals surface area (Å²) in [6.07, 6.45) is 1.08. The zero-order chi connectivity index (χ0) is 18.3. The maximum atomic E-state index is 13.3. The second kappa shape index (κ2) is 4.91. The molecule has 1 saturated carbocycles. The number of nitrogens with zero attached hydrogens (tertiary/aromatic N) is 1. The van der Waals surface area contributed by atoms with Gasteiger partial charge in [0.2, 0.25) is 6.79 Å². The van der Waals surface area contributed by atoms with Gasteiger partial charge >= 0.3 is 6.09 Å². The van der Waals surface area contributed by atoms with E-state index in [1.165, 1.54) is 0 Å². The Balaban J connectivity index is 1.63. The lowest BCUT2D eigenvalue weighted by atomic mass is 9.85. The molecule has 1 spiro atoms. The largest absolute Gasteiger partial charge is 0.454 e. The fourth-order valence-electron chi connectivity index (χ4n) is 4.53. The first-order chi connectivity index (χ1) is 12.3. The number of Topliss-reactive ketones (excluding diaryl/α,β-unsaturated/α-hetero) is 1. The van der Waals surface area contributed by atoms with Crippen molar-refractivity contribution in [1.82, 2.24) is 4.90 Å². The molecule has 138 valence electrons. The minimum atomic E-state index is -0.970. The van der Waals surface area contributed by atoms with Gasteiger partial charge in [-0.1, -0.05) is 0 Å². The number of fused-ring (bicyclic) bond motifs is 4. The highest BCUT2D eigenvalue weighted by Crippen LogP contribution is 2.56. The Kier molecular flexibility index (Phi) is 3.01. The smallest absolute Gasteiger partial charge is 0.413 e. The molecule has 1 aromatic rings. The summed E-state index contributed by atoms with van der Waals surface area (Å²) in [5, 5.41) is 0. The third-order valence-corrected chi connectivity index (χ3v) is 5.52. The van der Waals surface area contributed by atoms with Crippen LogP contribution in [0.2, 0.25) is 0 Å². The van der Waals surface area contributed by atoms with Crippen molar-refractivity contribution < 1.29 is 28.5 Å². The van der Waals surface area contributed by atoms with E-state index in [2.05, 4.69) is 0 Å². The zero-order valence-electron chi connectivity index (χ0n) is 15.0. The topological polar surface area (TPSA) is 74.3 Å². The van der Waals surface area contributed by atoms with Crippen LogP contribution in [-0.4, -0.2) is 40.8 Å². The van der Waals surface area contributed by atoms with Crippen LogP contribution in [-0.2, 0) is 9.47 Å². The summed E-state index contributed by atoms with van der Waals surface area (Å²) in [6.45, 7) is 5.61.